The molecule has 2 N–H and O–H groups in total. The third-order valence-corrected chi connectivity index (χ3v) is 5.04. The van der Waals surface area contributed by atoms with E-state index >= 15 is 0 Å². The van der Waals surface area contributed by atoms with Crippen LogP contribution in [0, 0.1) is 28.1 Å². The lowest BCUT2D eigenvalue weighted by Gasteiger charge is -2.17. The van der Waals surface area contributed by atoms with Gasteiger partial charge in [0.05, 0.1) is 11.3 Å². The largest absolute Gasteiger partial charge is 0.383 e. The van der Waals surface area contributed by atoms with Crippen molar-refractivity contribution in [3.05, 3.63) is 40.4 Å². The number of hydrogen-bond acceptors (Lipinski definition) is 6. The number of hydrogen-bond donors (Lipinski definition) is 1. The number of rotatable bonds is 4. The number of anilines is 1. The highest BCUT2D eigenvalue weighted by Gasteiger charge is 2.25. The molecule has 0 bridgehead atoms. The quantitative estimate of drug-likeness (QED) is 0.781. The van der Waals surface area contributed by atoms with Gasteiger partial charge < -0.3 is 5.73 Å². The van der Waals surface area contributed by atoms with Crippen molar-refractivity contribution in [1.82, 2.24) is 4.98 Å². The van der Waals surface area contributed by atoms with Crippen LogP contribution >= 0.6 is 23.4 Å². The summed E-state index contributed by atoms with van der Waals surface area (Å²) in [6.07, 6.45) is 0. The van der Waals surface area contributed by atoms with E-state index in [0.29, 0.717) is 21.2 Å². The van der Waals surface area contributed by atoms with E-state index < -0.39 is 5.41 Å². The van der Waals surface area contributed by atoms with Gasteiger partial charge in [-0.05, 0) is 6.07 Å². The fourth-order valence-corrected chi connectivity index (χ4v) is 3.57. The number of nitriles is 2. The monoisotopic (exact) mass is 384 g/mol. The number of thioether (sulfide) groups is 1. The van der Waals surface area contributed by atoms with Gasteiger partial charge in [-0.1, -0.05) is 62.3 Å². The molecule has 1 aromatic heterocycles. The fourth-order valence-electron chi connectivity index (χ4n) is 2.19. The normalized spacial score (nSPS) is 10.8. The van der Waals surface area contributed by atoms with Gasteiger partial charge in [0.1, 0.15) is 34.3 Å². The summed E-state index contributed by atoms with van der Waals surface area (Å²) in [5.74, 6) is 0.181. The molecule has 2 aromatic rings. The van der Waals surface area contributed by atoms with Crippen LogP contribution in [0.3, 0.4) is 0 Å². The summed E-state index contributed by atoms with van der Waals surface area (Å²) in [4.78, 5) is 16.4. The summed E-state index contributed by atoms with van der Waals surface area (Å²) in [5.41, 5.74) is 6.62. The second-order valence-electron chi connectivity index (χ2n) is 6.59. The van der Waals surface area contributed by atoms with Gasteiger partial charge >= 0.3 is 0 Å². The molecule has 0 saturated heterocycles. The average Bonchev–Trinajstić information content (AvgIpc) is 2.58. The number of nitrogens with two attached hydrogens (primary N) is 1. The number of nitrogens with zero attached hydrogens (tertiary/aromatic N) is 3. The Morgan fingerprint density at radius 3 is 2.38 bits per heavy atom. The van der Waals surface area contributed by atoms with Gasteiger partial charge in [-0.3, -0.25) is 4.79 Å². The molecule has 0 saturated carbocycles. The van der Waals surface area contributed by atoms with Crippen molar-refractivity contribution in [2.24, 2.45) is 5.41 Å². The van der Waals surface area contributed by atoms with Crippen molar-refractivity contribution in [3.8, 4) is 23.3 Å². The number of nitrogen functional groups attached to an aromatic ring is 1. The summed E-state index contributed by atoms with van der Waals surface area (Å²) in [6, 6.07) is 11.0. The number of Topliss-reactive ketones (excluding diaryl/α,β-unsaturated/α-hetero) is 1. The van der Waals surface area contributed by atoms with Gasteiger partial charge in [0.15, 0.2) is 0 Å². The van der Waals surface area contributed by atoms with Crippen LogP contribution in [0.2, 0.25) is 5.02 Å². The average molecular weight is 385 g/mol. The lowest BCUT2D eigenvalue weighted by Crippen LogP contribution is -2.22. The maximum absolute atomic E-state index is 12.2. The zero-order valence-corrected chi connectivity index (χ0v) is 16.2. The first-order chi connectivity index (χ1) is 12.2. The van der Waals surface area contributed by atoms with E-state index in [9.17, 15) is 15.3 Å². The Hall–Kier alpha value is -2.54. The zero-order chi connectivity index (χ0) is 19.5. The first-order valence-corrected chi connectivity index (χ1v) is 9.11. The van der Waals surface area contributed by atoms with E-state index in [-0.39, 0.29) is 28.5 Å². The number of carbonyl (C=O) groups is 1. The topological polar surface area (TPSA) is 104 Å². The lowest BCUT2D eigenvalue weighted by atomic mass is 9.92. The van der Waals surface area contributed by atoms with Gasteiger partial charge in [0, 0.05) is 21.6 Å². The highest BCUT2D eigenvalue weighted by atomic mass is 35.5. The van der Waals surface area contributed by atoms with Crippen LogP contribution in [0.4, 0.5) is 5.82 Å². The Bertz CT molecular complexity index is 952. The molecule has 0 fully saturated rings. The Labute approximate surface area is 161 Å². The Morgan fingerprint density at radius 2 is 1.85 bits per heavy atom. The second kappa shape index (κ2) is 7.78. The van der Waals surface area contributed by atoms with Gasteiger partial charge in [0.2, 0.25) is 0 Å². The molecule has 0 aliphatic rings. The molecule has 0 unspecified atom stereocenters. The highest BCUT2D eigenvalue weighted by Crippen LogP contribution is 2.38. The first-order valence-electron chi connectivity index (χ1n) is 7.75. The van der Waals surface area contributed by atoms with E-state index in [1.54, 1.807) is 24.3 Å². The number of benzene rings is 1. The number of pyridine rings is 1. The summed E-state index contributed by atoms with van der Waals surface area (Å²) in [5, 5.41) is 19.9. The third kappa shape index (κ3) is 3.99. The fraction of sp³-hybridized carbons (Fsp3) is 0.263. The van der Waals surface area contributed by atoms with Gasteiger partial charge in [-0.2, -0.15) is 10.5 Å². The van der Waals surface area contributed by atoms with Crippen LogP contribution in [0.25, 0.3) is 11.1 Å². The molecular formula is C19H17ClN4OS. The van der Waals surface area contributed by atoms with Crippen LogP contribution in [0.1, 0.15) is 31.9 Å². The van der Waals surface area contributed by atoms with Crippen LogP contribution < -0.4 is 5.73 Å². The molecule has 132 valence electrons. The van der Waals surface area contributed by atoms with Crippen LogP contribution in [0.5, 0.6) is 0 Å². The molecule has 0 spiro atoms. The summed E-state index contributed by atoms with van der Waals surface area (Å²) in [6.45, 7) is 5.49. The zero-order valence-electron chi connectivity index (χ0n) is 14.6. The van der Waals surface area contributed by atoms with E-state index in [4.69, 9.17) is 17.3 Å². The summed E-state index contributed by atoms with van der Waals surface area (Å²) < 4.78 is 0. The molecule has 26 heavy (non-hydrogen) atoms. The van der Waals surface area contributed by atoms with Crippen LogP contribution in [-0.2, 0) is 4.79 Å². The number of aromatic nitrogens is 1. The predicted octanol–water partition coefficient (Wildman–Crippen LogP) is 4.43. The van der Waals surface area contributed by atoms with Crippen molar-refractivity contribution in [2.45, 2.75) is 25.8 Å². The van der Waals surface area contributed by atoms with Gasteiger partial charge in [0.25, 0.3) is 0 Å². The van der Waals surface area contributed by atoms with Crippen molar-refractivity contribution in [1.29, 1.82) is 10.5 Å². The summed E-state index contributed by atoms with van der Waals surface area (Å²) >= 11 is 7.41. The van der Waals surface area contributed by atoms with Gasteiger partial charge in [-0.25, -0.2) is 4.98 Å². The Morgan fingerprint density at radius 1 is 1.23 bits per heavy atom. The lowest BCUT2D eigenvalue weighted by molar-refractivity contribution is -0.123. The molecule has 7 heteroatoms. The van der Waals surface area contributed by atoms with Crippen molar-refractivity contribution in [3.63, 3.8) is 0 Å². The van der Waals surface area contributed by atoms with E-state index in [2.05, 4.69) is 11.1 Å². The maximum Gasteiger partial charge on any atom is 0.148 e. The standard InChI is InChI=1S/C19H17ClN4OS/c1-19(2,3)15(25)10-26-18-13(9-22)16(12(8-21)17(23)24-18)11-6-4-5-7-14(11)20/h4-7H,10H2,1-3H3,(H2,23,24). The smallest absolute Gasteiger partial charge is 0.148 e. The molecule has 0 aliphatic heterocycles. The molecule has 0 amide bonds. The van der Waals surface area contributed by atoms with Gasteiger partial charge in [-0.15, -0.1) is 0 Å². The van der Waals surface area contributed by atoms with Crippen molar-refractivity contribution in [2.75, 3.05) is 11.5 Å². The van der Waals surface area contributed by atoms with Crippen molar-refractivity contribution >= 4 is 35.0 Å². The minimum atomic E-state index is -0.497. The van der Waals surface area contributed by atoms with E-state index in [1.807, 2.05) is 26.8 Å². The number of carbonyl (C=O) groups excluding carboxylic acids is 1. The minimum absolute atomic E-state index is 0.00660. The number of ketones is 1. The highest BCUT2D eigenvalue weighted by molar-refractivity contribution is 8.00. The molecule has 5 nitrogen and oxygen atoms in total. The third-order valence-electron chi connectivity index (χ3n) is 3.74. The van der Waals surface area contributed by atoms with Crippen molar-refractivity contribution < 1.29 is 4.79 Å². The molecule has 2 rings (SSSR count). The first kappa shape index (κ1) is 19.8. The molecule has 1 aromatic carbocycles. The minimum Gasteiger partial charge on any atom is -0.383 e. The molecule has 0 atom stereocenters. The molecule has 1 heterocycles. The van der Waals surface area contributed by atoms with E-state index in [0.717, 1.165) is 11.8 Å². The summed E-state index contributed by atoms with van der Waals surface area (Å²) in [7, 11) is 0. The van der Waals surface area contributed by atoms with Crippen LogP contribution in [-0.4, -0.2) is 16.5 Å². The number of halogens is 1. The molecule has 0 aliphatic carbocycles. The Kier molecular flexibility index (Phi) is 5.92. The molecular weight excluding hydrogens is 368 g/mol. The van der Waals surface area contributed by atoms with Crippen LogP contribution in [0.15, 0.2) is 29.3 Å². The maximum atomic E-state index is 12.2. The second-order valence-corrected chi connectivity index (χ2v) is 7.96. The molecule has 0 radical (unpaired) electrons. The van der Waals surface area contributed by atoms with E-state index in [1.165, 1.54) is 0 Å². The predicted molar refractivity (Wildman–Crippen MR) is 104 cm³/mol. The SMILES string of the molecule is CC(C)(C)C(=O)CSc1nc(N)c(C#N)c(-c2ccccc2Cl)c1C#N. The Balaban J connectivity index is 2.63.